The predicted molar refractivity (Wildman–Crippen MR) is 103 cm³/mol. The first-order valence-electron chi connectivity index (χ1n) is 8.78. The molecular weight excluding hydrogens is 353 g/mol. The summed E-state index contributed by atoms with van der Waals surface area (Å²) in [6.45, 7) is 4.30. The van der Waals surface area contributed by atoms with Gasteiger partial charge in [-0.2, -0.15) is 0 Å². The molecule has 0 bridgehead atoms. The summed E-state index contributed by atoms with van der Waals surface area (Å²) in [6, 6.07) is 10.6. The van der Waals surface area contributed by atoms with Gasteiger partial charge in [-0.1, -0.05) is 25.1 Å². The zero-order valence-electron chi connectivity index (χ0n) is 14.9. The molecule has 1 N–H and O–H groups in total. The highest BCUT2D eigenvalue weighted by atomic mass is 35.5. The maximum Gasteiger partial charge on any atom is 0.223 e. The van der Waals surface area contributed by atoms with Gasteiger partial charge < -0.3 is 10.2 Å². The Morgan fingerprint density at radius 3 is 2.96 bits per heavy atom. The van der Waals surface area contributed by atoms with Crippen LogP contribution < -0.4 is 5.32 Å². The van der Waals surface area contributed by atoms with Gasteiger partial charge in [0.05, 0.1) is 6.04 Å². The van der Waals surface area contributed by atoms with Gasteiger partial charge in [-0.05, 0) is 41.7 Å². The van der Waals surface area contributed by atoms with E-state index in [0.717, 1.165) is 24.2 Å². The van der Waals surface area contributed by atoms with Crippen LogP contribution in [0.5, 0.6) is 0 Å². The highest BCUT2D eigenvalue weighted by Crippen LogP contribution is 2.24. The summed E-state index contributed by atoms with van der Waals surface area (Å²) >= 11 is 0. The summed E-state index contributed by atoms with van der Waals surface area (Å²) in [6.07, 6.45) is 4.74. The zero-order chi connectivity index (χ0) is 17.6. The molecule has 0 aliphatic carbocycles. The number of pyridine rings is 1. The number of benzene rings is 1. The third-order valence-corrected chi connectivity index (χ3v) is 4.63. The standard InChI is InChI=1S/C20H24FN3O.ClH/c1-15(10-16-4-2-6-18(21)12-16)11-20(25)24-9-8-23-14-19(24)17-5-3-7-22-13-17;/h2-7,12-13,15,19,23H,8-11,14H2,1H3;1H. The van der Waals surface area contributed by atoms with Gasteiger partial charge in [0.15, 0.2) is 0 Å². The van der Waals surface area contributed by atoms with Crippen LogP contribution in [0.25, 0.3) is 0 Å². The summed E-state index contributed by atoms with van der Waals surface area (Å²) in [4.78, 5) is 19.0. The maximum atomic E-state index is 13.3. The van der Waals surface area contributed by atoms with E-state index >= 15 is 0 Å². The molecule has 1 saturated heterocycles. The van der Waals surface area contributed by atoms with Crippen molar-refractivity contribution in [3.05, 3.63) is 65.7 Å². The van der Waals surface area contributed by atoms with Gasteiger partial charge in [-0.25, -0.2) is 4.39 Å². The van der Waals surface area contributed by atoms with E-state index in [9.17, 15) is 9.18 Å². The molecule has 1 aliphatic rings. The van der Waals surface area contributed by atoms with Crippen molar-refractivity contribution < 1.29 is 9.18 Å². The average Bonchev–Trinajstić information content (AvgIpc) is 2.62. The number of carbonyl (C=O) groups is 1. The van der Waals surface area contributed by atoms with Crippen molar-refractivity contribution in [2.45, 2.75) is 25.8 Å². The van der Waals surface area contributed by atoms with E-state index in [1.54, 1.807) is 18.3 Å². The highest BCUT2D eigenvalue weighted by Gasteiger charge is 2.28. The Hall–Kier alpha value is -1.98. The van der Waals surface area contributed by atoms with Crippen LogP contribution in [0.2, 0.25) is 0 Å². The lowest BCUT2D eigenvalue weighted by molar-refractivity contribution is -0.135. The highest BCUT2D eigenvalue weighted by molar-refractivity contribution is 5.85. The SMILES string of the molecule is CC(CC(=O)N1CCNCC1c1cccnc1)Cc1cccc(F)c1.Cl. The molecule has 0 radical (unpaired) electrons. The van der Waals surface area contributed by atoms with Crippen molar-refractivity contribution in [2.75, 3.05) is 19.6 Å². The molecule has 2 atom stereocenters. The summed E-state index contributed by atoms with van der Waals surface area (Å²) in [7, 11) is 0. The minimum atomic E-state index is -0.227. The van der Waals surface area contributed by atoms with E-state index in [1.807, 2.05) is 36.2 Å². The van der Waals surface area contributed by atoms with Gasteiger partial charge >= 0.3 is 0 Å². The van der Waals surface area contributed by atoms with E-state index in [2.05, 4.69) is 10.3 Å². The zero-order valence-corrected chi connectivity index (χ0v) is 15.7. The summed E-state index contributed by atoms with van der Waals surface area (Å²) < 4.78 is 13.3. The normalized spacial score (nSPS) is 18.1. The molecule has 140 valence electrons. The Morgan fingerprint density at radius 2 is 2.23 bits per heavy atom. The van der Waals surface area contributed by atoms with Crippen molar-refractivity contribution in [3.63, 3.8) is 0 Å². The van der Waals surface area contributed by atoms with Crippen LogP contribution in [0.3, 0.4) is 0 Å². The second kappa shape index (κ2) is 9.64. The third kappa shape index (κ3) is 5.26. The molecule has 1 aromatic heterocycles. The van der Waals surface area contributed by atoms with Crippen molar-refractivity contribution in [1.82, 2.24) is 15.2 Å². The fraction of sp³-hybridized carbons (Fsp3) is 0.400. The van der Waals surface area contributed by atoms with Crippen molar-refractivity contribution in [2.24, 2.45) is 5.92 Å². The monoisotopic (exact) mass is 377 g/mol. The average molecular weight is 378 g/mol. The van der Waals surface area contributed by atoms with Crippen LogP contribution in [0.1, 0.15) is 30.5 Å². The van der Waals surface area contributed by atoms with Gasteiger partial charge in [0.1, 0.15) is 5.82 Å². The molecule has 1 aliphatic heterocycles. The number of amides is 1. The molecular formula is C20H25ClFN3O. The molecule has 0 saturated carbocycles. The second-order valence-corrected chi connectivity index (χ2v) is 6.74. The van der Waals surface area contributed by atoms with E-state index < -0.39 is 0 Å². The Bertz CT molecular complexity index is 713. The van der Waals surface area contributed by atoms with Crippen LogP contribution in [-0.2, 0) is 11.2 Å². The molecule has 4 nitrogen and oxygen atoms in total. The summed E-state index contributed by atoms with van der Waals surface area (Å²) in [5.74, 6) is 0.0905. The number of nitrogens with one attached hydrogen (secondary N) is 1. The van der Waals surface area contributed by atoms with Gasteiger partial charge in [0.2, 0.25) is 5.91 Å². The molecule has 2 heterocycles. The lowest BCUT2D eigenvalue weighted by Crippen LogP contribution is -2.49. The Morgan fingerprint density at radius 1 is 1.38 bits per heavy atom. The largest absolute Gasteiger partial charge is 0.333 e. The fourth-order valence-electron chi connectivity index (χ4n) is 3.43. The van der Waals surface area contributed by atoms with Crippen LogP contribution in [0, 0.1) is 11.7 Å². The minimum Gasteiger partial charge on any atom is -0.333 e. The van der Waals surface area contributed by atoms with Crippen LogP contribution in [-0.4, -0.2) is 35.4 Å². The van der Waals surface area contributed by atoms with Gasteiger partial charge in [0.25, 0.3) is 0 Å². The molecule has 26 heavy (non-hydrogen) atoms. The maximum absolute atomic E-state index is 13.3. The molecule has 0 spiro atoms. The predicted octanol–water partition coefficient (Wildman–Crippen LogP) is 3.38. The first-order valence-corrected chi connectivity index (χ1v) is 8.78. The number of piperazine rings is 1. The molecule has 1 fully saturated rings. The van der Waals surface area contributed by atoms with Crippen molar-refractivity contribution in [3.8, 4) is 0 Å². The van der Waals surface area contributed by atoms with Crippen LogP contribution in [0.15, 0.2) is 48.8 Å². The number of halogens is 2. The van der Waals surface area contributed by atoms with Gasteiger partial charge in [0, 0.05) is 38.4 Å². The van der Waals surface area contributed by atoms with Crippen molar-refractivity contribution >= 4 is 18.3 Å². The molecule has 1 aromatic carbocycles. The van der Waals surface area contributed by atoms with E-state index in [0.29, 0.717) is 19.4 Å². The number of carbonyl (C=O) groups excluding carboxylic acids is 1. The number of aromatic nitrogens is 1. The Balaban J connectivity index is 0.00000243. The van der Waals surface area contributed by atoms with Gasteiger partial charge in [-0.15, -0.1) is 12.4 Å². The lowest BCUT2D eigenvalue weighted by Gasteiger charge is -2.37. The fourth-order valence-corrected chi connectivity index (χ4v) is 3.43. The summed E-state index contributed by atoms with van der Waals surface area (Å²) in [5.41, 5.74) is 1.99. The second-order valence-electron chi connectivity index (χ2n) is 6.74. The van der Waals surface area contributed by atoms with Crippen LogP contribution in [0.4, 0.5) is 4.39 Å². The molecule has 1 amide bonds. The molecule has 3 rings (SSSR count). The van der Waals surface area contributed by atoms with Gasteiger partial charge in [-0.3, -0.25) is 9.78 Å². The quantitative estimate of drug-likeness (QED) is 0.868. The van der Waals surface area contributed by atoms with E-state index in [1.165, 1.54) is 6.07 Å². The topological polar surface area (TPSA) is 45.2 Å². The smallest absolute Gasteiger partial charge is 0.223 e. The van der Waals surface area contributed by atoms with Crippen molar-refractivity contribution in [1.29, 1.82) is 0 Å². The first-order chi connectivity index (χ1) is 12.1. The number of hydrogen-bond donors (Lipinski definition) is 1. The number of nitrogens with zero attached hydrogens (tertiary/aromatic N) is 2. The summed E-state index contributed by atoms with van der Waals surface area (Å²) in [5, 5.41) is 3.35. The Labute approximate surface area is 160 Å². The lowest BCUT2D eigenvalue weighted by atomic mass is 9.96. The van der Waals surface area contributed by atoms with Crippen LogP contribution >= 0.6 is 12.4 Å². The number of hydrogen-bond acceptors (Lipinski definition) is 3. The third-order valence-electron chi connectivity index (χ3n) is 4.63. The number of rotatable bonds is 5. The molecule has 2 aromatic rings. The van der Waals surface area contributed by atoms with E-state index in [-0.39, 0.29) is 36.1 Å². The first kappa shape index (κ1) is 20.3. The molecule has 2 unspecified atom stereocenters. The minimum absolute atomic E-state index is 0. The Kier molecular flexibility index (Phi) is 7.54. The van der Waals surface area contributed by atoms with E-state index in [4.69, 9.17) is 0 Å². The molecule has 6 heteroatoms.